The summed E-state index contributed by atoms with van der Waals surface area (Å²) >= 11 is 0. The summed E-state index contributed by atoms with van der Waals surface area (Å²) in [7, 11) is -3.44. The minimum atomic E-state index is -3.44. The first kappa shape index (κ1) is 26.1. The van der Waals surface area contributed by atoms with Gasteiger partial charge < -0.3 is 9.64 Å². The van der Waals surface area contributed by atoms with Crippen molar-refractivity contribution in [1.29, 1.82) is 0 Å². The van der Waals surface area contributed by atoms with Crippen molar-refractivity contribution in [2.75, 3.05) is 45.8 Å². The third-order valence-corrected chi connectivity index (χ3v) is 8.94. The fourth-order valence-electron chi connectivity index (χ4n) is 5.11. The van der Waals surface area contributed by atoms with Gasteiger partial charge in [0.2, 0.25) is 15.9 Å². The molecule has 3 rings (SSSR count). The SMILES string of the molecule is CCN(CC)S(=O)(=O)c1ccc(CCC(=O)N2CCC(CN3CC(C)OC(C)C3)CC2)cc1. The molecule has 8 heteroatoms. The van der Waals surface area contributed by atoms with Crippen molar-refractivity contribution in [3.63, 3.8) is 0 Å². The van der Waals surface area contributed by atoms with E-state index in [1.54, 1.807) is 12.1 Å². The number of morpholine rings is 1. The predicted molar refractivity (Wildman–Crippen MR) is 131 cm³/mol. The van der Waals surface area contributed by atoms with Gasteiger partial charge in [0.05, 0.1) is 17.1 Å². The molecule has 186 valence electrons. The molecule has 0 radical (unpaired) electrons. The second-order valence-corrected chi connectivity index (χ2v) is 11.5. The standard InChI is InChI=1S/C25H41N3O4S/c1-5-28(6-2)33(30,31)24-10-7-22(8-11-24)9-12-25(29)27-15-13-23(14-16-27)19-26-17-20(3)32-21(4)18-26/h7-8,10-11,20-21,23H,5-6,9,12-19H2,1-4H3. The number of benzene rings is 1. The largest absolute Gasteiger partial charge is 0.373 e. The molecule has 7 nitrogen and oxygen atoms in total. The maximum atomic E-state index is 12.7. The summed E-state index contributed by atoms with van der Waals surface area (Å²) in [5.74, 6) is 0.841. The molecule has 0 N–H and O–H groups in total. The lowest BCUT2D eigenvalue weighted by Gasteiger charge is -2.39. The molecule has 0 saturated carbocycles. The Labute approximate surface area is 200 Å². The van der Waals surface area contributed by atoms with Crippen molar-refractivity contribution in [3.8, 4) is 0 Å². The fourth-order valence-corrected chi connectivity index (χ4v) is 6.57. The number of amides is 1. The van der Waals surface area contributed by atoms with E-state index in [9.17, 15) is 13.2 Å². The van der Waals surface area contributed by atoms with Crippen LogP contribution in [0.5, 0.6) is 0 Å². The number of nitrogens with zero attached hydrogens (tertiary/aromatic N) is 3. The zero-order valence-corrected chi connectivity index (χ0v) is 21.5. The van der Waals surface area contributed by atoms with Crippen LogP contribution in [0, 0.1) is 5.92 Å². The minimum absolute atomic E-state index is 0.196. The maximum absolute atomic E-state index is 12.7. The number of carbonyl (C=O) groups is 1. The van der Waals surface area contributed by atoms with Crippen molar-refractivity contribution in [2.45, 2.75) is 70.5 Å². The van der Waals surface area contributed by atoms with Crippen LogP contribution in [0.2, 0.25) is 0 Å². The molecule has 1 aromatic carbocycles. The number of ether oxygens (including phenoxy) is 1. The quantitative estimate of drug-likeness (QED) is 0.545. The highest BCUT2D eigenvalue weighted by Gasteiger charge is 2.28. The van der Waals surface area contributed by atoms with Crippen LogP contribution < -0.4 is 0 Å². The molecule has 0 spiro atoms. The Morgan fingerprint density at radius 3 is 2.15 bits per heavy atom. The molecule has 2 heterocycles. The number of likely N-dealkylation sites (tertiary alicyclic amines) is 1. The van der Waals surface area contributed by atoms with Gasteiger partial charge in [0, 0.05) is 52.2 Å². The van der Waals surface area contributed by atoms with Crippen molar-refractivity contribution < 1.29 is 17.9 Å². The van der Waals surface area contributed by atoms with Crippen molar-refractivity contribution >= 4 is 15.9 Å². The monoisotopic (exact) mass is 479 g/mol. The van der Waals surface area contributed by atoms with Crippen molar-refractivity contribution in [1.82, 2.24) is 14.1 Å². The van der Waals surface area contributed by atoms with E-state index in [1.807, 2.05) is 30.9 Å². The summed E-state index contributed by atoms with van der Waals surface area (Å²) in [5.41, 5.74) is 0.993. The molecule has 0 aromatic heterocycles. The first-order valence-corrected chi connectivity index (χ1v) is 13.9. The number of rotatable bonds is 9. The average molecular weight is 480 g/mol. The van der Waals surface area contributed by atoms with Crippen LogP contribution in [0.1, 0.15) is 52.5 Å². The van der Waals surface area contributed by atoms with E-state index in [0.717, 1.165) is 51.1 Å². The number of carbonyl (C=O) groups excluding carboxylic acids is 1. The first-order chi connectivity index (χ1) is 15.7. The van der Waals surface area contributed by atoms with E-state index in [1.165, 1.54) is 4.31 Å². The van der Waals surface area contributed by atoms with E-state index in [-0.39, 0.29) is 5.91 Å². The molecular weight excluding hydrogens is 438 g/mol. The van der Waals surface area contributed by atoms with Crippen LogP contribution in [-0.4, -0.2) is 86.5 Å². The number of piperidine rings is 1. The van der Waals surface area contributed by atoms with Gasteiger partial charge in [0.15, 0.2) is 0 Å². The second-order valence-electron chi connectivity index (χ2n) is 9.53. The lowest BCUT2D eigenvalue weighted by Crippen LogP contribution is -2.48. The highest BCUT2D eigenvalue weighted by molar-refractivity contribution is 7.89. The normalized spacial score (nSPS) is 23.2. The van der Waals surface area contributed by atoms with Crippen LogP contribution >= 0.6 is 0 Å². The molecule has 2 aliphatic rings. The highest BCUT2D eigenvalue weighted by atomic mass is 32.2. The molecule has 33 heavy (non-hydrogen) atoms. The zero-order chi connectivity index (χ0) is 24.0. The molecule has 1 amide bonds. The average Bonchev–Trinajstić information content (AvgIpc) is 2.78. The van der Waals surface area contributed by atoms with Gasteiger partial charge in [-0.1, -0.05) is 26.0 Å². The number of hydrogen-bond donors (Lipinski definition) is 0. The Hall–Kier alpha value is -1.48. The Morgan fingerprint density at radius 2 is 1.61 bits per heavy atom. The summed E-state index contributed by atoms with van der Waals surface area (Å²) in [6.45, 7) is 13.6. The van der Waals surface area contributed by atoms with Crippen LogP contribution in [-0.2, 0) is 26.0 Å². The van der Waals surface area contributed by atoms with Crippen molar-refractivity contribution in [2.24, 2.45) is 5.92 Å². The topological polar surface area (TPSA) is 70.2 Å². The Morgan fingerprint density at radius 1 is 1.03 bits per heavy atom. The lowest BCUT2D eigenvalue weighted by molar-refractivity contribution is -0.132. The molecule has 0 aliphatic carbocycles. The first-order valence-electron chi connectivity index (χ1n) is 12.5. The van der Waals surface area contributed by atoms with E-state index in [2.05, 4.69) is 18.7 Å². The Kier molecular flexibility index (Phi) is 9.33. The smallest absolute Gasteiger partial charge is 0.243 e. The van der Waals surface area contributed by atoms with E-state index >= 15 is 0 Å². The second kappa shape index (κ2) is 11.8. The van der Waals surface area contributed by atoms with Gasteiger partial charge in [-0.05, 0) is 56.7 Å². The molecule has 1 aromatic rings. The van der Waals surface area contributed by atoms with Crippen LogP contribution in [0.15, 0.2) is 29.2 Å². The Balaban J connectivity index is 1.43. The summed E-state index contributed by atoms with van der Waals surface area (Å²) < 4.78 is 32.5. The molecule has 2 aliphatic heterocycles. The number of aryl methyl sites for hydroxylation is 1. The van der Waals surface area contributed by atoms with Gasteiger partial charge in [-0.2, -0.15) is 4.31 Å². The zero-order valence-electron chi connectivity index (χ0n) is 20.7. The summed E-state index contributed by atoms with van der Waals surface area (Å²) in [4.78, 5) is 17.6. The molecule has 2 atom stereocenters. The summed E-state index contributed by atoms with van der Waals surface area (Å²) in [5, 5.41) is 0. The van der Waals surface area contributed by atoms with Gasteiger partial charge in [0.1, 0.15) is 0 Å². The van der Waals surface area contributed by atoms with E-state index < -0.39 is 10.0 Å². The van der Waals surface area contributed by atoms with Gasteiger partial charge in [-0.3, -0.25) is 9.69 Å². The molecule has 0 bridgehead atoms. The Bertz CT molecular complexity index is 852. The van der Waals surface area contributed by atoms with Gasteiger partial charge in [-0.15, -0.1) is 0 Å². The van der Waals surface area contributed by atoms with Crippen LogP contribution in [0.4, 0.5) is 0 Å². The van der Waals surface area contributed by atoms with E-state index in [4.69, 9.17) is 4.74 Å². The lowest BCUT2D eigenvalue weighted by atomic mass is 9.95. The summed E-state index contributed by atoms with van der Waals surface area (Å²) in [6.07, 6.45) is 3.80. The highest BCUT2D eigenvalue weighted by Crippen LogP contribution is 2.22. The predicted octanol–water partition coefficient (Wildman–Crippen LogP) is 3.00. The minimum Gasteiger partial charge on any atom is -0.373 e. The fraction of sp³-hybridized carbons (Fsp3) is 0.720. The van der Waals surface area contributed by atoms with Crippen LogP contribution in [0.25, 0.3) is 0 Å². The summed E-state index contributed by atoms with van der Waals surface area (Å²) in [6, 6.07) is 6.99. The maximum Gasteiger partial charge on any atom is 0.243 e. The number of sulfonamides is 1. The molecule has 2 saturated heterocycles. The van der Waals surface area contributed by atoms with Gasteiger partial charge in [-0.25, -0.2) is 8.42 Å². The molecular formula is C25H41N3O4S. The molecule has 2 fully saturated rings. The van der Waals surface area contributed by atoms with Crippen LogP contribution in [0.3, 0.4) is 0 Å². The third-order valence-electron chi connectivity index (χ3n) is 6.87. The van der Waals surface area contributed by atoms with Crippen molar-refractivity contribution in [3.05, 3.63) is 29.8 Å². The third kappa shape index (κ3) is 7.01. The number of hydrogen-bond acceptors (Lipinski definition) is 5. The van der Waals surface area contributed by atoms with E-state index in [0.29, 0.717) is 49.0 Å². The van der Waals surface area contributed by atoms with Gasteiger partial charge in [0.25, 0.3) is 0 Å². The van der Waals surface area contributed by atoms with Gasteiger partial charge >= 0.3 is 0 Å². The molecule has 2 unspecified atom stereocenters.